The van der Waals surface area contributed by atoms with E-state index in [1.165, 1.54) is 0 Å². The molecule has 1 aliphatic heterocycles. The van der Waals surface area contributed by atoms with Crippen LogP contribution in [0.4, 0.5) is 0 Å². The first-order valence-electron chi connectivity index (χ1n) is 7.60. The molecule has 1 heterocycles. The van der Waals surface area contributed by atoms with Crippen molar-refractivity contribution in [2.45, 2.75) is 65.5 Å². The lowest BCUT2D eigenvalue weighted by molar-refractivity contribution is -0.200. The molecule has 2 atom stereocenters. The number of nitrogens with one attached hydrogen (secondary N) is 1. The summed E-state index contributed by atoms with van der Waals surface area (Å²) in [5.41, 5.74) is -0.336. The number of hydrogen-bond donors (Lipinski definition) is 1. The van der Waals surface area contributed by atoms with Crippen molar-refractivity contribution in [1.29, 1.82) is 0 Å². The molecular weight excluding hydrogens is 288 g/mol. The summed E-state index contributed by atoms with van der Waals surface area (Å²) < 4.78 is 5.55. The second-order valence-electron chi connectivity index (χ2n) is 6.46. The molecule has 126 valence electrons. The maximum Gasteiger partial charge on any atom is 0.350 e. The Morgan fingerprint density at radius 2 is 1.82 bits per heavy atom. The zero-order valence-corrected chi connectivity index (χ0v) is 14.0. The van der Waals surface area contributed by atoms with Gasteiger partial charge < -0.3 is 9.57 Å². The molecule has 0 spiro atoms. The van der Waals surface area contributed by atoms with E-state index in [1.807, 2.05) is 34.6 Å². The van der Waals surface area contributed by atoms with E-state index in [-0.39, 0.29) is 31.1 Å². The number of amides is 2. The fourth-order valence-corrected chi connectivity index (χ4v) is 1.91. The van der Waals surface area contributed by atoms with Gasteiger partial charge in [-0.2, -0.15) is 0 Å². The van der Waals surface area contributed by atoms with Crippen molar-refractivity contribution >= 4 is 17.8 Å². The number of imide groups is 1. The second-order valence-corrected chi connectivity index (χ2v) is 6.46. The van der Waals surface area contributed by atoms with E-state index in [1.54, 1.807) is 0 Å². The highest BCUT2D eigenvalue weighted by molar-refractivity contribution is 6.01. The van der Waals surface area contributed by atoms with Gasteiger partial charge in [0, 0.05) is 12.8 Å². The van der Waals surface area contributed by atoms with Crippen molar-refractivity contribution in [3.8, 4) is 0 Å². The summed E-state index contributed by atoms with van der Waals surface area (Å²) in [4.78, 5) is 40.3. The van der Waals surface area contributed by atoms with Crippen molar-refractivity contribution in [2.75, 3.05) is 6.73 Å². The lowest BCUT2D eigenvalue weighted by atomic mass is 10.00. The first-order valence-corrected chi connectivity index (χ1v) is 7.60. The number of carbonyl (C=O) groups excluding carboxylic acids is 3. The molecule has 0 saturated carbocycles. The summed E-state index contributed by atoms with van der Waals surface area (Å²) in [6.45, 7) is 9.75. The van der Waals surface area contributed by atoms with Gasteiger partial charge in [-0.3, -0.25) is 14.9 Å². The maximum atomic E-state index is 12.3. The van der Waals surface area contributed by atoms with Crippen LogP contribution in [0, 0.1) is 5.92 Å². The van der Waals surface area contributed by atoms with E-state index in [0.717, 1.165) is 6.42 Å². The molecule has 0 bridgehead atoms. The molecule has 0 aromatic heterocycles. The number of carbonyl (C=O) groups is 3. The smallest absolute Gasteiger partial charge is 0.350 e. The van der Waals surface area contributed by atoms with Gasteiger partial charge in [0.05, 0.1) is 12.3 Å². The van der Waals surface area contributed by atoms with E-state index >= 15 is 0 Å². The zero-order chi connectivity index (χ0) is 16.9. The van der Waals surface area contributed by atoms with Crippen molar-refractivity contribution in [3.63, 3.8) is 0 Å². The molecule has 7 nitrogen and oxygen atoms in total. The minimum absolute atomic E-state index is 0.0242. The minimum Gasteiger partial charge on any atom is -0.361 e. The average Bonchev–Trinajstić information content (AvgIpc) is 2.73. The molecule has 1 rings (SSSR count). The predicted molar refractivity (Wildman–Crippen MR) is 79.3 cm³/mol. The topological polar surface area (TPSA) is 84.9 Å². The van der Waals surface area contributed by atoms with Gasteiger partial charge >= 0.3 is 5.97 Å². The van der Waals surface area contributed by atoms with Gasteiger partial charge in [0.25, 0.3) is 11.8 Å². The Balaban J connectivity index is 2.64. The fraction of sp³-hybridized carbons (Fsp3) is 0.800. The van der Waals surface area contributed by atoms with Gasteiger partial charge in [0.2, 0.25) is 0 Å². The Morgan fingerprint density at radius 1 is 1.27 bits per heavy atom. The zero-order valence-electron chi connectivity index (χ0n) is 14.0. The standard InChI is InChI=1S/C15H26N2O5/c1-6-10(2)13(16-9-21-15(3,4)5)14(20)22-17-11(18)7-8-12(17)19/h10,13,16H,6-9H2,1-5H3/t10-,13+/m1/s1. The number of hydroxylamine groups is 2. The lowest BCUT2D eigenvalue weighted by Gasteiger charge is -2.26. The summed E-state index contributed by atoms with van der Waals surface area (Å²) in [5.74, 6) is -1.63. The third kappa shape index (κ3) is 5.38. The first-order chi connectivity index (χ1) is 10.2. The van der Waals surface area contributed by atoms with Crippen LogP contribution >= 0.6 is 0 Å². The third-order valence-corrected chi connectivity index (χ3v) is 3.46. The highest BCUT2D eigenvalue weighted by Crippen LogP contribution is 2.16. The van der Waals surface area contributed by atoms with Crippen molar-refractivity contribution in [2.24, 2.45) is 5.92 Å². The third-order valence-electron chi connectivity index (χ3n) is 3.46. The lowest BCUT2D eigenvalue weighted by Crippen LogP contribution is -2.47. The van der Waals surface area contributed by atoms with Gasteiger partial charge in [-0.05, 0) is 26.7 Å². The molecular formula is C15H26N2O5. The average molecular weight is 314 g/mol. The molecule has 0 aliphatic carbocycles. The van der Waals surface area contributed by atoms with Gasteiger partial charge in [0.1, 0.15) is 6.04 Å². The Hall–Kier alpha value is -1.47. The van der Waals surface area contributed by atoms with Crippen molar-refractivity contribution in [3.05, 3.63) is 0 Å². The summed E-state index contributed by atoms with van der Waals surface area (Å²) in [6.07, 6.45) is 0.908. The molecule has 1 aliphatic rings. The molecule has 7 heteroatoms. The van der Waals surface area contributed by atoms with Crippen LogP contribution in [0.2, 0.25) is 0 Å². The summed E-state index contributed by atoms with van der Waals surface area (Å²) in [7, 11) is 0. The van der Waals surface area contributed by atoms with Crippen LogP contribution in [0.25, 0.3) is 0 Å². The van der Waals surface area contributed by atoms with Gasteiger partial charge in [-0.1, -0.05) is 20.3 Å². The van der Waals surface area contributed by atoms with E-state index in [2.05, 4.69) is 5.32 Å². The van der Waals surface area contributed by atoms with Crippen LogP contribution in [0.15, 0.2) is 0 Å². The van der Waals surface area contributed by atoms with Crippen molar-refractivity contribution < 1.29 is 24.0 Å². The molecule has 0 unspecified atom stereocenters. The fourth-order valence-electron chi connectivity index (χ4n) is 1.91. The Labute approximate surface area is 131 Å². The number of ether oxygens (including phenoxy) is 1. The van der Waals surface area contributed by atoms with Gasteiger partial charge in [-0.15, -0.1) is 5.06 Å². The summed E-state index contributed by atoms with van der Waals surface area (Å²) in [6, 6.07) is -0.645. The maximum absolute atomic E-state index is 12.3. The summed E-state index contributed by atoms with van der Waals surface area (Å²) >= 11 is 0. The second kappa shape index (κ2) is 7.69. The molecule has 1 fully saturated rings. The van der Waals surface area contributed by atoms with Crippen LogP contribution in [0.1, 0.15) is 53.9 Å². The van der Waals surface area contributed by atoms with E-state index < -0.39 is 23.8 Å². The Kier molecular flexibility index (Phi) is 6.49. The monoisotopic (exact) mass is 314 g/mol. The van der Waals surface area contributed by atoms with Gasteiger partial charge in [0.15, 0.2) is 0 Å². The predicted octanol–water partition coefficient (Wildman–Crippen LogP) is 1.37. The normalized spacial score (nSPS) is 18.5. The van der Waals surface area contributed by atoms with Crippen LogP contribution in [0.5, 0.6) is 0 Å². The highest BCUT2D eigenvalue weighted by atomic mass is 16.7. The molecule has 0 aromatic carbocycles. The molecule has 22 heavy (non-hydrogen) atoms. The molecule has 0 aromatic rings. The van der Waals surface area contributed by atoms with E-state index in [9.17, 15) is 14.4 Å². The van der Waals surface area contributed by atoms with Crippen LogP contribution in [0.3, 0.4) is 0 Å². The van der Waals surface area contributed by atoms with Crippen LogP contribution in [-0.4, -0.2) is 41.2 Å². The number of nitrogens with zero attached hydrogens (tertiary/aromatic N) is 1. The van der Waals surface area contributed by atoms with Crippen molar-refractivity contribution in [1.82, 2.24) is 10.4 Å². The summed E-state index contributed by atoms with van der Waals surface area (Å²) in [5, 5.41) is 3.56. The Morgan fingerprint density at radius 3 is 2.27 bits per heavy atom. The van der Waals surface area contributed by atoms with E-state index in [4.69, 9.17) is 9.57 Å². The molecule has 1 saturated heterocycles. The molecule has 2 amide bonds. The Bertz CT molecular complexity index is 414. The largest absolute Gasteiger partial charge is 0.361 e. The first kappa shape index (κ1) is 18.6. The minimum atomic E-state index is -0.645. The SMILES string of the molecule is CC[C@@H](C)[C@H](NCOC(C)(C)C)C(=O)ON1C(=O)CCC1=O. The quantitative estimate of drug-likeness (QED) is 0.564. The van der Waals surface area contributed by atoms with Crippen LogP contribution in [-0.2, 0) is 24.0 Å². The highest BCUT2D eigenvalue weighted by Gasteiger charge is 2.36. The molecule has 0 radical (unpaired) electrons. The van der Waals surface area contributed by atoms with Gasteiger partial charge in [-0.25, -0.2) is 4.79 Å². The van der Waals surface area contributed by atoms with Crippen LogP contribution < -0.4 is 5.32 Å². The number of rotatable bonds is 7. The number of hydrogen-bond acceptors (Lipinski definition) is 6. The molecule has 1 N–H and O–H groups in total. The van der Waals surface area contributed by atoms with E-state index in [0.29, 0.717) is 5.06 Å².